The molecule has 0 aliphatic rings. The van der Waals surface area contributed by atoms with Gasteiger partial charge in [-0.25, -0.2) is 13.1 Å². The van der Waals surface area contributed by atoms with Crippen molar-refractivity contribution in [3.8, 4) is 6.07 Å². The summed E-state index contributed by atoms with van der Waals surface area (Å²) in [5.41, 5.74) is -0.504. The molecule has 0 heterocycles. The van der Waals surface area contributed by atoms with Gasteiger partial charge in [-0.3, -0.25) is 0 Å². The zero-order chi connectivity index (χ0) is 9.12. The standard InChI is InChI=1S/C6H12N2O2S/c1-6(2,3)8-11(9,10)5-4-7/h8H,5H2,1-3H3. The van der Waals surface area contributed by atoms with Gasteiger partial charge in [0.15, 0.2) is 5.75 Å². The number of nitrogens with zero attached hydrogens (tertiary/aromatic N) is 1. The van der Waals surface area contributed by atoms with Gasteiger partial charge >= 0.3 is 0 Å². The largest absolute Gasteiger partial charge is 0.225 e. The zero-order valence-corrected chi connectivity index (χ0v) is 7.70. The van der Waals surface area contributed by atoms with Crippen molar-refractivity contribution in [2.75, 3.05) is 5.75 Å². The number of nitrogens with one attached hydrogen (secondary N) is 1. The summed E-state index contributed by atoms with van der Waals surface area (Å²) in [5.74, 6) is -0.482. The van der Waals surface area contributed by atoms with Crippen LogP contribution in [0.3, 0.4) is 0 Å². The van der Waals surface area contributed by atoms with Gasteiger partial charge in [-0.2, -0.15) is 5.26 Å². The van der Waals surface area contributed by atoms with Crippen molar-refractivity contribution in [1.29, 1.82) is 5.26 Å². The van der Waals surface area contributed by atoms with Crippen LogP contribution in [0.25, 0.3) is 0 Å². The van der Waals surface area contributed by atoms with Crippen molar-refractivity contribution in [1.82, 2.24) is 4.72 Å². The van der Waals surface area contributed by atoms with E-state index in [4.69, 9.17) is 5.26 Å². The van der Waals surface area contributed by atoms with Gasteiger partial charge in [0.2, 0.25) is 10.0 Å². The van der Waals surface area contributed by atoms with Crippen molar-refractivity contribution in [2.24, 2.45) is 0 Å². The quantitative estimate of drug-likeness (QED) is 0.654. The van der Waals surface area contributed by atoms with E-state index in [1.165, 1.54) is 0 Å². The van der Waals surface area contributed by atoms with Crippen molar-refractivity contribution in [2.45, 2.75) is 26.3 Å². The first-order chi connectivity index (χ1) is 4.77. The van der Waals surface area contributed by atoms with Crippen LogP contribution in [0.5, 0.6) is 0 Å². The highest BCUT2D eigenvalue weighted by Crippen LogP contribution is 2.01. The SMILES string of the molecule is CC(C)(C)NS(=O)(=O)CC#N. The van der Waals surface area contributed by atoms with Gasteiger partial charge in [-0.05, 0) is 20.8 Å². The van der Waals surface area contributed by atoms with Crippen LogP contribution in [0.15, 0.2) is 0 Å². The molecular weight excluding hydrogens is 164 g/mol. The maximum Gasteiger partial charge on any atom is 0.225 e. The van der Waals surface area contributed by atoms with Gasteiger partial charge < -0.3 is 0 Å². The molecule has 0 saturated carbocycles. The molecule has 0 radical (unpaired) electrons. The summed E-state index contributed by atoms with van der Waals surface area (Å²) in [4.78, 5) is 0. The minimum absolute atomic E-state index is 0.482. The van der Waals surface area contributed by atoms with E-state index in [1.54, 1.807) is 26.8 Å². The minimum atomic E-state index is -3.40. The zero-order valence-electron chi connectivity index (χ0n) is 6.88. The molecule has 11 heavy (non-hydrogen) atoms. The average Bonchev–Trinajstić information content (AvgIpc) is 1.55. The predicted molar refractivity (Wildman–Crippen MR) is 42.3 cm³/mol. The summed E-state index contributed by atoms with van der Waals surface area (Å²) in [6.07, 6.45) is 0. The molecule has 0 rings (SSSR count). The molecule has 0 aromatic heterocycles. The van der Waals surface area contributed by atoms with Gasteiger partial charge in [0.05, 0.1) is 6.07 Å². The van der Waals surface area contributed by atoms with Gasteiger partial charge in [0.25, 0.3) is 0 Å². The summed E-state index contributed by atoms with van der Waals surface area (Å²) in [6.45, 7) is 5.17. The predicted octanol–water partition coefficient (Wildman–Crippen LogP) is 0.228. The van der Waals surface area contributed by atoms with Crippen LogP contribution in [-0.2, 0) is 10.0 Å². The van der Waals surface area contributed by atoms with Crippen LogP contribution in [0, 0.1) is 11.3 Å². The van der Waals surface area contributed by atoms with E-state index in [0.29, 0.717) is 0 Å². The van der Waals surface area contributed by atoms with Crippen molar-refractivity contribution < 1.29 is 8.42 Å². The molecule has 64 valence electrons. The van der Waals surface area contributed by atoms with E-state index in [-0.39, 0.29) is 0 Å². The van der Waals surface area contributed by atoms with Crippen LogP contribution < -0.4 is 4.72 Å². The Morgan fingerprint density at radius 1 is 1.45 bits per heavy atom. The second kappa shape index (κ2) is 3.20. The molecule has 0 fully saturated rings. The molecule has 0 aromatic carbocycles. The van der Waals surface area contributed by atoms with Gasteiger partial charge in [0, 0.05) is 5.54 Å². The van der Waals surface area contributed by atoms with Crippen LogP contribution in [0.4, 0.5) is 0 Å². The van der Waals surface area contributed by atoms with Crippen LogP contribution in [0.2, 0.25) is 0 Å². The van der Waals surface area contributed by atoms with E-state index >= 15 is 0 Å². The van der Waals surface area contributed by atoms with Gasteiger partial charge in [-0.1, -0.05) is 0 Å². The fourth-order valence-corrected chi connectivity index (χ4v) is 1.76. The summed E-state index contributed by atoms with van der Waals surface area (Å²) in [6, 6.07) is 1.58. The number of sulfonamides is 1. The molecule has 0 aliphatic carbocycles. The number of hydrogen-bond acceptors (Lipinski definition) is 3. The van der Waals surface area contributed by atoms with Crippen molar-refractivity contribution in [3.05, 3.63) is 0 Å². The highest BCUT2D eigenvalue weighted by atomic mass is 32.2. The lowest BCUT2D eigenvalue weighted by atomic mass is 10.1. The van der Waals surface area contributed by atoms with E-state index in [9.17, 15) is 8.42 Å². The Hall–Kier alpha value is -0.600. The molecule has 0 aliphatic heterocycles. The summed E-state index contributed by atoms with van der Waals surface area (Å²) in [7, 11) is -3.40. The van der Waals surface area contributed by atoms with Crippen molar-refractivity contribution in [3.63, 3.8) is 0 Å². The molecule has 0 atom stereocenters. The third-order valence-corrected chi connectivity index (χ3v) is 2.15. The van der Waals surface area contributed by atoms with Gasteiger partial charge in [-0.15, -0.1) is 0 Å². The van der Waals surface area contributed by atoms with Gasteiger partial charge in [0.1, 0.15) is 0 Å². The highest BCUT2D eigenvalue weighted by molar-refractivity contribution is 7.89. The first-order valence-electron chi connectivity index (χ1n) is 3.15. The molecule has 0 unspecified atom stereocenters. The maximum absolute atomic E-state index is 10.9. The average molecular weight is 176 g/mol. The Morgan fingerprint density at radius 2 is 1.91 bits per heavy atom. The first-order valence-corrected chi connectivity index (χ1v) is 4.81. The fourth-order valence-electron chi connectivity index (χ4n) is 0.588. The molecule has 4 nitrogen and oxygen atoms in total. The molecule has 0 bridgehead atoms. The van der Waals surface area contributed by atoms with E-state index < -0.39 is 21.3 Å². The van der Waals surface area contributed by atoms with Crippen LogP contribution >= 0.6 is 0 Å². The van der Waals surface area contributed by atoms with E-state index in [0.717, 1.165) is 0 Å². The maximum atomic E-state index is 10.9. The number of hydrogen-bond donors (Lipinski definition) is 1. The molecule has 0 spiro atoms. The highest BCUT2D eigenvalue weighted by Gasteiger charge is 2.18. The Balaban J connectivity index is 4.30. The molecule has 1 N–H and O–H groups in total. The summed E-state index contributed by atoms with van der Waals surface area (Å²) < 4.78 is 24.2. The Kier molecular flexibility index (Phi) is 3.02. The second-order valence-corrected chi connectivity index (χ2v) is 4.99. The molecular formula is C6H12N2O2S. The Morgan fingerprint density at radius 3 is 2.18 bits per heavy atom. The third kappa shape index (κ3) is 5.83. The lowest BCUT2D eigenvalue weighted by Gasteiger charge is -2.18. The first kappa shape index (κ1) is 10.4. The topological polar surface area (TPSA) is 70.0 Å². The molecule has 5 heteroatoms. The summed E-state index contributed by atoms with van der Waals surface area (Å²) in [5, 5.41) is 8.13. The molecule has 0 amide bonds. The normalized spacial score (nSPS) is 12.5. The minimum Gasteiger partial charge on any atom is -0.211 e. The van der Waals surface area contributed by atoms with E-state index in [1.807, 2.05) is 0 Å². The fraction of sp³-hybridized carbons (Fsp3) is 0.833. The van der Waals surface area contributed by atoms with Crippen molar-refractivity contribution >= 4 is 10.0 Å². The third-order valence-electron chi connectivity index (χ3n) is 0.716. The summed E-state index contributed by atoms with van der Waals surface area (Å²) >= 11 is 0. The van der Waals surface area contributed by atoms with Crippen LogP contribution in [-0.4, -0.2) is 19.7 Å². The van der Waals surface area contributed by atoms with E-state index in [2.05, 4.69) is 4.72 Å². The molecule has 0 saturated heterocycles. The second-order valence-electron chi connectivity index (χ2n) is 3.27. The monoisotopic (exact) mass is 176 g/mol. The molecule has 0 aromatic rings. The Labute approximate surface area is 67.3 Å². The smallest absolute Gasteiger partial charge is 0.211 e. The lowest BCUT2D eigenvalue weighted by molar-refractivity contribution is 0.493. The van der Waals surface area contributed by atoms with Crippen LogP contribution in [0.1, 0.15) is 20.8 Å². The number of rotatable bonds is 2. The lowest BCUT2D eigenvalue weighted by Crippen LogP contribution is -2.41. The number of nitriles is 1. The Bertz CT molecular complexity index is 255.